The van der Waals surface area contributed by atoms with Gasteiger partial charge in [0.15, 0.2) is 5.65 Å². The molecular formula is C18H19N5. The third-order valence-corrected chi connectivity index (χ3v) is 4.46. The number of rotatable bonds is 2. The Morgan fingerprint density at radius 2 is 2.00 bits per heavy atom. The van der Waals surface area contributed by atoms with Crippen LogP contribution in [-0.2, 0) is 6.54 Å². The Kier molecular flexibility index (Phi) is 3.42. The monoisotopic (exact) mass is 305 g/mol. The van der Waals surface area contributed by atoms with Crippen LogP contribution in [0.4, 0.5) is 0 Å². The first kappa shape index (κ1) is 14.1. The highest BCUT2D eigenvalue weighted by molar-refractivity contribution is 5.78. The highest BCUT2D eigenvalue weighted by atomic mass is 15.1. The zero-order valence-electron chi connectivity index (χ0n) is 13.3. The van der Waals surface area contributed by atoms with Crippen molar-refractivity contribution in [1.82, 2.24) is 24.8 Å². The highest BCUT2D eigenvalue weighted by Gasteiger charge is 2.26. The van der Waals surface area contributed by atoms with Crippen molar-refractivity contribution in [1.29, 1.82) is 0 Å². The second-order valence-corrected chi connectivity index (χ2v) is 6.16. The summed E-state index contributed by atoms with van der Waals surface area (Å²) >= 11 is 0. The van der Waals surface area contributed by atoms with Crippen LogP contribution in [0.15, 0.2) is 43.0 Å². The third kappa shape index (κ3) is 2.53. The minimum absolute atomic E-state index is 0.313. The molecule has 1 aliphatic heterocycles. The van der Waals surface area contributed by atoms with E-state index in [9.17, 15) is 0 Å². The first-order valence-electron chi connectivity index (χ1n) is 7.81. The minimum Gasteiger partial charge on any atom is -0.341 e. The van der Waals surface area contributed by atoms with Gasteiger partial charge in [-0.2, -0.15) is 0 Å². The standard InChI is InChI=1S/C18H19N5/c1-12(13-3-5-19-6-4-13)9-14-10-23(2)11-15-16(14)22-18-17(15)20-7-8-21-18/h3-9,14H,10-11H2,1-2H3,(H,21,22)/b12-9+. The molecule has 5 heteroatoms. The molecule has 0 aliphatic carbocycles. The SMILES string of the molecule is C/C(=C\C1CN(C)Cc2c1[nH]c1nccnc21)c1ccncc1. The maximum Gasteiger partial charge on any atom is 0.156 e. The fraction of sp³-hybridized carbons (Fsp3) is 0.278. The highest BCUT2D eigenvalue weighted by Crippen LogP contribution is 2.33. The topological polar surface area (TPSA) is 57.7 Å². The van der Waals surface area contributed by atoms with Gasteiger partial charge in [-0.3, -0.25) is 9.97 Å². The minimum atomic E-state index is 0.313. The maximum atomic E-state index is 4.51. The smallest absolute Gasteiger partial charge is 0.156 e. The van der Waals surface area contributed by atoms with Crippen LogP contribution < -0.4 is 0 Å². The first-order valence-corrected chi connectivity index (χ1v) is 7.81. The van der Waals surface area contributed by atoms with Crippen LogP contribution in [-0.4, -0.2) is 38.4 Å². The Labute approximate surface area is 135 Å². The fourth-order valence-corrected chi connectivity index (χ4v) is 3.37. The van der Waals surface area contributed by atoms with Crippen LogP contribution in [0.3, 0.4) is 0 Å². The Morgan fingerprint density at radius 3 is 2.83 bits per heavy atom. The largest absolute Gasteiger partial charge is 0.341 e. The Bertz CT molecular complexity index is 866. The fourth-order valence-electron chi connectivity index (χ4n) is 3.37. The lowest BCUT2D eigenvalue weighted by Crippen LogP contribution is -2.29. The number of aromatic nitrogens is 4. The van der Waals surface area contributed by atoms with Crippen LogP contribution in [0.1, 0.15) is 29.7 Å². The number of H-pyrrole nitrogens is 1. The molecule has 4 heterocycles. The molecule has 1 unspecified atom stereocenters. The van der Waals surface area contributed by atoms with Crippen LogP contribution in [0.25, 0.3) is 16.7 Å². The predicted octanol–water partition coefficient (Wildman–Crippen LogP) is 2.99. The molecule has 1 N–H and O–H groups in total. The van der Waals surface area contributed by atoms with E-state index in [4.69, 9.17) is 0 Å². The van der Waals surface area contributed by atoms with E-state index in [1.54, 1.807) is 12.4 Å². The van der Waals surface area contributed by atoms with E-state index in [0.717, 1.165) is 24.3 Å². The molecule has 3 aromatic rings. The van der Waals surface area contributed by atoms with Crippen molar-refractivity contribution in [3.8, 4) is 0 Å². The lowest BCUT2D eigenvalue weighted by molar-refractivity contribution is 0.297. The number of pyridine rings is 1. The molecule has 0 fully saturated rings. The molecule has 0 saturated carbocycles. The number of allylic oxidation sites excluding steroid dienone is 1. The molecule has 0 radical (unpaired) electrons. The van der Waals surface area contributed by atoms with E-state index < -0.39 is 0 Å². The predicted molar refractivity (Wildman–Crippen MR) is 90.9 cm³/mol. The van der Waals surface area contributed by atoms with E-state index >= 15 is 0 Å². The van der Waals surface area contributed by atoms with E-state index in [1.165, 1.54) is 22.4 Å². The number of hydrogen-bond donors (Lipinski definition) is 1. The molecular weight excluding hydrogens is 286 g/mol. The van der Waals surface area contributed by atoms with Gasteiger partial charge in [-0.15, -0.1) is 0 Å². The Hall–Kier alpha value is -2.53. The van der Waals surface area contributed by atoms with E-state index in [1.807, 2.05) is 24.5 Å². The van der Waals surface area contributed by atoms with Gasteiger partial charge in [-0.1, -0.05) is 6.08 Å². The molecule has 116 valence electrons. The first-order chi connectivity index (χ1) is 11.2. The van der Waals surface area contributed by atoms with Gasteiger partial charge in [0.25, 0.3) is 0 Å². The normalized spacial score (nSPS) is 19.0. The molecule has 0 spiro atoms. The van der Waals surface area contributed by atoms with Crippen molar-refractivity contribution in [2.45, 2.75) is 19.4 Å². The van der Waals surface area contributed by atoms with Gasteiger partial charge in [-0.05, 0) is 37.2 Å². The third-order valence-electron chi connectivity index (χ3n) is 4.46. The molecule has 5 nitrogen and oxygen atoms in total. The van der Waals surface area contributed by atoms with Gasteiger partial charge in [-0.25, -0.2) is 4.98 Å². The second kappa shape index (κ2) is 5.59. The quantitative estimate of drug-likeness (QED) is 0.791. The summed E-state index contributed by atoms with van der Waals surface area (Å²) in [6.07, 6.45) is 9.50. The summed E-state index contributed by atoms with van der Waals surface area (Å²) in [4.78, 5) is 18.8. The number of aromatic amines is 1. The molecule has 0 amide bonds. The molecule has 23 heavy (non-hydrogen) atoms. The van der Waals surface area contributed by atoms with Crippen LogP contribution in [0.2, 0.25) is 0 Å². The van der Waals surface area contributed by atoms with Crippen molar-refractivity contribution in [2.75, 3.05) is 13.6 Å². The molecule has 0 bridgehead atoms. The summed E-state index contributed by atoms with van der Waals surface area (Å²) < 4.78 is 0. The zero-order chi connectivity index (χ0) is 15.8. The van der Waals surface area contributed by atoms with Crippen LogP contribution in [0, 0.1) is 0 Å². The van der Waals surface area contributed by atoms with Crippen molar-refractivity contribution < 1.29 is 0 Å². The van der Waals surface area contributed by atoms with Crippen LogP contribution in [0.5, 0.6) is 0 Å². The average molecular weight is 305 g/mol. The number of nitrogens with one attached hydrogen (secondary N) is 1. The lowest BCUT2D eigenvalue weighted by atomic mass is 9.93. The van der Waals surface area contributed by atoms with Gasteiger partial charge >= 0.3 is 0 Å². The Balaban J connectivity index is 1.79. The van der Waals surface area contributed by atoms with E-state index in [2.05, 4.69) is 44.9 Å². The molecule has 3 aromatic heterocycles. The van der Waals surface area contributed by atoms with Gasteiger partial charge in [0.1, 0.15) is 5.52 Å². The summed E-state index contributed by atoms with van der Waals surface area (Å²) in [5, 5.41) is 0. The lowest BCUT2D eigenvalue weighted by Gasteiger charge is -2.28. The summed E-state index contributed by atoms with van der Waals surface area (Å²) in [6.45, 7) is 4.05. The summed E-state index contributed by atoms with van der Waals surface area (Å²) in [5.41, 5.74) is 6.87. The summed E-state index contributed by atoms with van der Waals surface area (Å²) in [7, 11) is 2.15. The average Bonchev–Trinajstić information content (AvgIpc) is 2.94. The van der Waals surface area contributed by atoms with Gasteiger partial charge in [0.05, 0.1) is 0 Å². The number of nitrogens with zero attached hydrogens (tertiary/aromatic N) is 4. The second-order valence-electron chi connectivity index (χ2n) is 6.16. The van der Waals surface area contributed by atoms with Gasteiger partial charge in [0.2, 0.25) is 0 Å². The zero-order valence-corrected chi connectivity index (χ0v) is 13.3. The maximum absolute atomic E-state index is 4.51. The number of fused-ring (bicyclic) bond motifs is 3. The number of hydrogen-bond acceptors (Lipinski definition) is 4. The van der Waals surface area contributed by atoms with Crippen LogP contribution >= 0.6 is 0 Å². The molecule has 0 saturated heterocycles. The van der Waals surface area contributed by atoms with Crippen molar-refractivity contribution in [3.63, 3.8) is 0 Å². The van der Waals surface area contributed by atoms with Gasteiger partial charge in [0, 0.05) is 55.1 Å². The molecule has 0 aromatic carbocycles. The van der Waals surface area contributed by atoms with Crippen molar-refractivity contribution in [2.24, 2.45) is 0 Å². The Morgan fingerprint density at radius 1 is 1.22 bits per heavy atom. The molecule has 4 rings (SSSR count). The van der Waals surface area contributed by atoms with Crippen molar-refractivity contribution in [3.05, 3.63) is 59.8 Å². The molecule has 1 atom stereocenters. The van der Waals surface area contributed by atoms with E-state index in [-0.39, 0.29) is 0 Å². The summed E-state index contributed by atoms with van der Waals surface area (Å²) in [6, 6.07) is 4.10. The summed E-state index contributed by atoms with van der Waals surface area (Å²) in [5.74, 6) is 0.313. The van der Waals surface area contributed by atoms with Gasteiger partial charge < -0.3 is 9.88 Å². The van der Waals surface area contributed by atoms with Crippen molar-refractivity contribution >= 4 is 16.7 Å². The molecule has 1 aliphatic rings. The number of likely N-dealkylation sites (N-methyl/N-ethyl adjacent to an activating group) is 1. The van der Waals surface area contributed by atoms with E-state index in [0.29, 0.717) is 5.92 Å².